The number of carbonyl (C=O) groups is 1. The fourth-order valence-electron chi connectivity index (χ4n) is 2.04. The van der Waals surface area contributed by atoms with Gasteiger partial charge in [-0.2, -0.15) is 0 Å². The number of benzene rings is 1. The van der Waals surface area contributed by atoms with Crippen molar-refractivity contribution in [1.29, 1.82) is 0 Å². The van der Waals surface area contributed by atoms with Crippen molar-refractivity contribution in [2.24, 2.45) is 5.14 Å². The van der Waals surface area contributed by atoms with Gasteiger partial charge in [0.25, 0.3) is 0 Å². The van der Waals surface area contributed by atoms with Crippen LogP contribution >= 0.6 is 22.7 Å². The van der Waals surface area contributed by atoms with E-state index in [9.17, 15) is 13.2 Å². The Morgan fingerprint density at radius 1 is 1.19 bits per heavy atom. The minimum absolute atomic E-state index is 0.00789. The summed E-state index contributed by atoms with van der Waals surface area (Å²) in [5.74, 6) is 0.129. The SMILES string of the molecule is COc1ccc(-c2nc(COC(=O)c3csc(S(N)(=O)=O)c3)cs2)cc1. The number of esters is 1. The molecule has 0 aliphatic carbocycles. The Bertz CT molecular complexity index is 1020. The molecule has 0 saturated carbocycles. The molecule has 10 heteroatoms. The van der Waals surface area contributed by atoms with E-state index >= 15 is 0 Å². The highest BCUT2D eigenvalue weighted by Gasteiger charge is 2.16. The van der Waals surface area contributed by atoms with E-state index in [-0.39, 0.29) is 16.4 Å². The summed E-state index contributed by atoms with van der Waals surface area (Å²) in [4.78, 5) is 16.4. The number of ether oxygens (including phenoxy) is 2. The van der Waals surface area contributed by atoms with Gasteiger partial charge in [0.2, 0.25) is 10.0 Å². The number of sulfonamides is 1. The van der Waals surface area contributed by atoms with Crippen LogP contribution in [0.4, 0.5) is 0 Å². The number of thiazole rings is 1. The second-order valence-corrected chi connectivity index (χ2v) is 8.71. The van der Waals surface area contributed by atoms with E-state index in [4.69, 9.17) is 14.6 Å². The molecule has 0 aliphatic rings. The maximum atomic E-state index is 12.0. The number of hydrogen-bond acceptors (Lipinski definition) is 8. The molecule has 0 unspecified atom stereocenters. The Morgan fingerprint density at radius 2 is 1.92 bits per heavy atom. The molecular weight excluding hydrogens is 396 g/mol. The fraction of sp³-hybridized carbons (Fsp3) is 0.125. The van der Waals surface area contributed by atoms with Crippen LogP contribution < -0.4 is 9.88 Å². The number of primary sulfonamides is 1. The molecule has 3 aromatic rings. The molecule has 0 fully saturated rings. The number of thiophene rings is 1. The standard InChI is InChI=1S/C16H14N2O5S3/c1-22-13-4-2-10(3-5-13)15-18-12(9-25-15)7-23-16(19)11-6-14(24-8-11)26(17,20)21/h2-6,8-9H,7H2,1H3,(H2,17,20,21). The molecule has 136 valence electrons. The summed E-state index contributed by atoms with van der Waals surface area (Å²) in [6.07, 6.45) is 0. The van der Waals surface area contributed by atoms with Gasteiger partial charge in [0, 0.05) is 16.3 Å². The zero-order valence-electron chi connectivity index (χ0n) is 13.5. The van der Waals surface area contributed by atoms with Crippen molar-refractivity contribution in [3.63, 3.8) is 0 Å². The highest BCUT2D eigenvalue weighted by Crippen LogP contribution is 2.26. The lowest BCUT2D eigenvalue weighted by Crippen LogP contribution is -2.10. The molecule has 26 heavy (non-hydrogen) atoms. The minimum Gasteiger partial charge on any atom is -0.497 e. The summed E-state index contributed by atoms with van der Waals surface area (Å²) in [5.41, 5.74) is 1.68. The lowest BCUT2D eigenvalue weighted by molar-refractivity contribution is 0.0469. The molecule has 0 bridgehead atoms. The first-order valence-corrected chi connectivity index (χ1v) is 10.5. The van der Waals surface area contributed by atoms with Crippen molar-refractivity contribution in [1.82, 2.24) is 4.98 Å². The second-order valence-electron chi connectivity index (χ2n) is 5.15. The molecule has 0 spiro atoms. The zero-order valence-corrected chi connectivity index (χ0v) is 16.0. The van der Waals surface area contributed by atoms with Crippen molar-refractivity contribution < 1.29 is 22.7 Å². The van der Waals surface area contributed by atoms with Crippen LogP contribution in [0.1, 0.15) is 16.1 Å². The Balaban J connectivity index is 1.64. The van der Waals surface area contributed by atoms with Crippen LogP contribution in [0.2, 0.25) is 0 Å². The molecule has 2 aromatic heterocycles. The fourth-order valence-corrected chi connectivity index (χ4v) is 4.42. The quantitative estimate of drug-likeness (QED) is 0.626. The second kappa shape index (κ2) is 7.54. The van der Waals surface area contributed by atoms with Crippen LogP contribution in [-0.2, 0) is 21.4 Å². The molecule has 2 heterocycles. The van der Waals surface area contributed by atoms with Gasteiger partial charge in [-0.25, -0.2) is 23.3 Å². The van der Waals surface area contributed by atoms with Gasteiger partial charge in [-0.15, -0.1) is 22.7 Å². The summed E-state index contributed by atoms with van der Waals surface area (Å²) < 4.78 is 32.7. The highest BCUT2D eigenvalue weighted by molar-refractivity contribution is 7.91. The maximum Gasteiger partial charge on any atom is 0.339 e. The summed E-state index contributed by atoms with van der Waals surface area (Å²) in [5, 5.41) is 9.02. The summed E-state index contributed by atoms with van der Waals surface area (Å²) in [6.45, 7) is -0.00789. The number of nitrogens with two attached hydrogens (primary N) is 1. The largest absolute Gasteiger partial charge is 0.497 e. The zero-order chi connectivity index (χ0) is 18.7. The van der Waals surface area contributed by atoms with Gasteiger partial charge in [-0.1, -0.05) is 0 Å². The van der Waals surface area contributed by atoms with Crippen molar-refractivity contribution in [3.8, 4) is 16.3 Å². The molecule has 0 amide bonds. The van der Waals surface area contributed by atoms with E-state index in [0.29, 0.717) is 5.69 Å². The van der Waals surface area contributed by atoms with Gasteiger partial charge in [0.15, 0.2) is 0 Å². The maximum absolute atomic E-state index is 12.0. The Labute approximate surface area is 158 Å². The predicted octanol–water partition coefficient (Wildman–Crippen LogP) is 2.88. The van der Waals surface area contributed by atoms with E-state index in [1.54, 1.807) is 12.5 Å². The monoisotopic (exact) mass is 410 g/mol. The molecule has 0 saturated heterocycles. The number of rotatable bonds is 6. The van der Waals surface area contributed by atoms with Crippen LogP contribution in [0.3, 0.4) is 0 Å². The molecule has 0 aliphatic heterocycles. The van der Waals surface area contributed by atoms with E-state index < -0.39 is 16.0 Å². The van der Waals surface area contributed by atoms with E-state index in [1.165, 1.54) is 22.8 Å². The van der Waals surface area contributed by atoms with Gasteiger partial charge in [0.05, 0.1) is 18.4 Å². The number of methoxy groups -OCH3 is 1. The van der Waals surface area contributed by atoms with Crippen LogP contribution in [0.15, 0.2) is 45.3 Å². The topological polar surface area (TPSA) is 109 Å². The first kappa shape index (κ1) is 18.5. The van der Waals surface area contributed by atoms with Gasteiger partial charge >= 0.3 is 5.97 Å². The summed E-state index contributed by atoms with van der Waals surface area (Å²) >= 11 is 2.31. The molecule has 1 aromatic carbocycles. The summed E-state index contributed by atoms with van der Waals surface area (Å²) in [7, 11) is -2.22. The normalized spacial score (nSPS) is 11.3. The first-order chi connectivity index (χ1) is 12.4. The van der Waals surface area contributed by atoms with Crippen LogP contribution in [0, 0.1) is 0 Å². The number of aromatic nitrogens is 1. The smallest absolute Gasteiger partial charge is 0.339 e. The Hall–Kier alpha value is -2.27. The molecule has 0 radical (unpaired) electrons. The van der Waals surface area contributed by atoms with Gasteiger partial charge in [-0.3, -0.25) is 0 Å². The number of hydrogen-bond donors (Lipinski definition) is 1. The van der Waals surface area contributed by atoms with Crippen LogP contribution in [0.25, 0.3) is 10.6 Å². The third-order valence-corrected chi connectivity index (χ3v) is 6.66. The number of nitrogens with zero attached hydrogens (tertiary/aromatic N) is 1. The van der Waals surface area contributed by atoms with Crippen molar-refractivity contribution in [3.05, 3.63) is 52.3 Å². The molecule has 0 atom stereocenters. The number of carbonyl (C=O) groups excluding carboxylic acids is 1. The first-order valence-electron chi connectivity index (χ1n) is 7.24. The summed E-state index contributed by atoms with van der Waals surface area (Å²) in [6, 6.07) is 8.68. The Kier molecular flexibility index (Phi) is 5.37. The molecule has 2 N–H and O–H groups in total. The van der Waals surface area contributed by atoms with Crippen molar-refractivity contribution in [2.45, 2.75) is 10.8 Å². The third kappa shape index (κ3) is 4.28. The predicted molar refractivity (Wildman–Crippen MR) is 98.9 cm³/mol. The third-order valence-electron chi connectivity index (χ3n) is 3.33. The van der Waals surface area contributed by atoms with Gasteiger partial charge in [0.1, 0.15) is 21.6 Å². The van der Waals surface area contributed by atoms with Gasteiger partial charge in [-0.05, 0) is 30.3 Å². The average Bonchev–Trinajstić information content (AvgIpc) is 3.29. The average molecular weight is 410 g/mol. The van der Waals surface area contributed by atoms with E-state index in [1.807, 2.05) is 24.3 Å². The van der Waals surface area contributed by atoms with E-state index in [0.717, 1.165) is 27.7 Å². The van der Waals surface area contributed by atoms with Gasteiger partial charge < -0.3 is 9.47 Å². The van der Waals surface area contributed by atoms with E-state index in [2.05, 4.69) is 4.98 Å². The lowest BCUT2D eigenvalue weighted by atomic mass is 10.2. The van der Waals surface area contributed by atoms with Crippen LogP contribution in [0.5, 0.6) is 5.75 Å². The van der Waals surface area contributed by atoms with Crippen molar-refractivity contribution >= 4 is 38.7 Å². The lowest BCUT2D eigenvalue weighted by Gasteiger charge is -2.01. The van der Waals surface area contributed by atoms with Crippen molar-refractivity contribution in [2.75, 3.05) is 7.11 Å². The molecule has 3 rings (SSSR count). The minimum atomic E-state index is -3.82. The Morgan fingerprint density at radius 3 is 2.54 bits per heavy atom. The van der Waals surface area contributed by atoms with Crippen LogP contribution in [-0.4, -0.2) is 26.5 Å². The molecule has 7 nitrogen and oxygen atoms in total. The molecular formula is C16H14N2O5S3. The highest BCUT2D eigenvalue weighted by atomic mass is 32.2.